The van der Waals surface area contributed by atoms with E-state index in [0.29, 0.717) is 56.8 Å². The number of nitrogens with one attached hydrogen (secondary N) is 2. The molecule has 0 radical (unpaired) electrons. The number of halogens is 2. The Bertz CT molecular complexity index is 1520. The van der Waals surface area contributed by atoms with Gasteiger partial charge in [-0.15, -0.1) is 0 Å². The smallest absolute Gasteiger partial charge is 0.322 e. The number of likely N-dealkylation sites (tertiary alicyclic amines) is 3. The van der Waals surface area contributed by atoms with Crippen LogP contribution < -0.4 is 16.4 Å². The maximum absolute atomic E-state index is 14.2. The number of piperidine rings is 3. The zero-order chi connectivity index (χ0) is 33.6. The third-order valence-electron chi connectivity index (χ3n) is 10.3. The lowest BCUT2D eigenvalue weighted by molar-refractivity contribution is -0.134. The maximum Gasteiger partial charge on any atom is 0.322 e. The van der Waals surface area contributed by atoms with Crippen molar-refractivity contribution in [1.82, 2.24) is 24.9 Å². The highest BCUT2D eigenvalue weighted by Crippen LogP contribution is 2.31. The third-order valence-corrected chi connectivity index (χ3v) is 11.6. The molecule has 11 nitrogen and oxygen atoms in total. The van der Waals surface area contributed by atoms with Crippen LogP contribution >= 0.6 is 31.9 Å². The van der Waals surface area contributed by atoms with Crippen molar-refractivity contribution in [2.24, 2.45) is 4.99 Å². The van der Waals surface area contributed by atoms with E-state index in [4.69, 9.17) is 10.7 Å². The van der Waals surface area contributed by atoms with Crippen molar-refractivity contribution in [3.8, 4) is 6.19 Å². The number of aliphatic imine (C=N–C) groups is 1. The molecule has 0 unspecified atom stereocenters. The predicted octanol–water partition coefficient (Wildman–Crippen LogP) is 5.16. The summed E-state index contributed by atoms with van der Waals surface area (Å²) in [6.07, 6.45) is 10.4. The fourth-order valence-electron chi connectivity index (χ4n) is 7.63. The number of nitrogens with two attached hydrogens (primary N) is 1. The van der Waals surface area contributed by atoms with Gasteiger partial charge in [0.1, 0.15) is 6.04 Å². The minimum Gasteiger partial charge on any atom is -0.397 e. The lowest BCUT2D eigenvalue weighted by Gasteiger charge is -2.41. The van der Waals surface area contributed by atoms with Crippen molar-refractivity contribution >= 4 is 61.1 Å². The normalized spacial score (nSPS) is 20.8. The number of fused-ring (bicyclic) bond motifs is 1. The van der Waals surface area contributed by atoms with Gasteiger partial charge in [0.25, 0.3) is 0 Å². The van der Waals surface area contributed by atoms with Gasteiger partial charge in [-0.25, -0.2) is 9.79 Å². The van der Waals surface area contributed by atoms with Crippen LogP contribution in [-0.4, -0.2) is 101 Å². The van der Waals surface area contributed by atoms with Crippen molar-refractivity contribution in [2.45, 2.75) is 75.9 Å². The van der Waals surface area contributed by atoms with E-state index in [2.05, 4.69) is 59.7 Å². The van der Waals surface area contributed by atoms with Crippen LogP contribution in [0.4, 0.5) is 16.2 Å². The predicted molar refractivity (Wildman–Crippen MR) is 195 cm³/mol. The molecule has 256 valence electrons. The third kappa shape index (κ3) is 8.09. The lowest BCUT2D eigenvalue weighted by atomic mass is 9.98. The number of para-hydroxylation sites is 1. The fraction of sp³-hybridized carbons (Fsp3) is 0.543. The van der Waals surface area contributed by atoms with Crippen LogP contribution in [0.5, 0.6) is 0 Å². The van der Waals surface area contributed by atoms with Crippen LogP contribution in [0.2, 0.25) is 0 Å². The van der Waals surface area contributed by atoms with Gasteiger partial charge in [-0.2, -0.15) is 5.26 Å². The molecule has 3 fully saturated rings. The molecular weight excluding hydrogens is 738 g/mol. The molecule has 2 aromatic rings. The number of hydrogen-bond acceptors (Lipinski definition) is 6. The highest BCUT2D eigenvalue weighted by Gasteiger charge is 2.34. The number of urea groups is 1. The van der Waals surface area contributed by atoms with Gasteiger partial charge in [0.15, 0.2) is 6.19 Å². The first kappa shape index (κ1) is 34.5. The standard InChI is InChI=1S/C35H45Br2N9O2/c36-28-20-24(21-29(37)32(28)39)22-31(33(47)44-15-9-26(10-16-44)43-13-4-1-5-14-43)41-34(40-23-38)45-17-11-27(12-18-45)46-19-8-25-6-2-3-7-30(25)42-35(46)48/h2-3,6-7,20-21,26-27,31H,1,4-5,8-19,22,39H2,(H,40,41)(H,42,48)/t31-/m1/s1. The Morgan fingerprint density at radius 1 is 0.958 bits per heavy atom. The largest absolute Gasteiger partial charge is 0.397 e. The minimum absolute atomic E-state index is 0.0240. The number of carbonyl (C=O) groups is 2. The van der Waals surface area contributed by atoms with Gasteiger partial charge in [-0.05, 0) is 119 Å². The number of nitrogen functional groups attached to an aromatic ring is 1. The molecular formula is C35H45Br2N9O2. The average molecular weight is 784 g/mol. The maximum atomic E-state index is 14.2. The monoisotopic (exact) mass is 781 g/mol. The molecule has 3 saturated heterocycles. The number of nitriles is 1. The van der Waals surface area contributed by atoms with E-state index in [-0.39, 0.29) is 18.0 Å². The van der Waals surface area contributed by atoms with E-state index in [1.165, 1.54) is 19.3 Å². The van der Waals surface area contributed by atoms with Crippen molar-refractivity contribution in [2.75, 3.05) is 56.9 Å². The molecule has 4 heterocycles. The molecule has 13 heteroatoms. The molecule has 1 atom stereocenters. The Morgan fingerprint density at radius 2 is 1.60 bits per heavy atom. The van der Waals surface area contributed by atoms with E-state index in [1.807, 2.05) is 45.0 Å². The Morgan fingerprint density at radius 3 is 2.29 bits per heavy atom. The van der Waals surface area contributed by atoms with Crippen LogP contribution in [0.25, 0.3) is 0 Å². The molecule has 4 N–H and O–H groups in total. The topological polar surface area (TPSA) is 133 Å². The van der Waals surface area contributed by atoms with Gasteiger partial charge >= 0.3 is 6.03 Å². The van der Waals surface area contributed by atoms with Gasteiger partial charge in [0.05, 0.1) is 5.69 Å². The first-order chi connectivity index (χ1) is 23.3. The van der Waals surface area contributed by atoms with E-state index < -0.39 is 6.04 Å². The van der Waals surface area contributed by atoms with Crippen molar-refractivity contribution in [3.63, 3.8) is 0 Å². The van der Waals surface area contributed by atoms with E-state index in [0.717, 1.165) is 71.0 Å². The SMILES string of the molecule is N#CNC(=N[C@H](Cc1cc(Br)c(N)c(Br)c1)C(=O)N1CCC(N2CCCCC2)CC1)N1CCC(N2CCc3ccccc3NC2=O)CC1. The minimum atomic E-state index is -0.720. The summed E-state index contributed by atoms with van der Waals surface area (Å²) >= 11 is 7.10. The van der Waals surface area contributed by atoms with E-state index >= 15 is 0 Å². The molecule has 4 aliphatic rings. The highest BCUT2D eigenvalue weighted by molar-refractivity contribution is 9.11. The average Bonchev–Trinajstić information content (AvgIpc) is 3.28. The zero-order valence-corrected chi connectivity index (χ0v) is 30.5. The molecule has 48 heavy (non-hydrogen) atoms. The summed E-state index contributed by atoms with van der Waals surface area (Å²) in [4.78, 5) is 41.0. The second-order valence-electron chi connectivity index (χ2n) is 13.3. The summed E-state index contributed by atoms with van der Waals surface area (Å²) < 4.78 is 1.50. The molecule has 0 aliphatic carbocycles. The number of hydrogen-bond donors (Lipinski definition) is 3. The fourth-order valence-corrected chi connectivity index (χ4v) is 8.91. The number of rotatable bonds is 6. The summed E-state index contributed by atoms with van der Waals surface area (Å²) in [6.45, 7) is 5.59. The molecule has 0 bridgehead atoms. The number of carbonyl (C=O) groups excluding carboxylic acids is 2. The number of amides is 3. The van der Waals surface area contributed by atoms with E-state index in [9.17, 15) is 14.9 Å². The first-order valence-electron chi connectivity index (χ1n) is 17.2. The van der Waals surface area contributed by atoms with Gasteiger partial charge in [0, 0.05) is 65.9 Å². The molecule has 3 amide bonds. The number of guanidine groups is 1. The molecule has 0 spiro atoms. The van der Waals surface area contributed by atoms with Gasteiger partial charge < -0.3 is 30.7 Å². The Hall–Kier alpha value is -3.34. The van der Waals surface area contributed by atoms with Gasteiger partial charge in [-0.3, -0.25) is 10.1 Å². The Kier molecular flexibility index (Phi) is 11.4. The highest BCUT2D eigenvalue weighted by atomic mass is 79.9. The van der Waals surface area contributed by atoms with E-state index in [1.54, 1.807) is 0 Å². The van der Waals surface area contributed by atoms with Crippen LogP contribution in [-0.2, 0) is 17.6 Å². The lowest BCUT2D eigenvalue weighted by Crippen LogP contribution is -2.53. The number of nitrogens with zero attached hydrogens (tertiary/aromatic N) is 6. The van der Waals surface area contributed by atoms with Crippen LogP contribution in [0, 0.1) is 11.5 Å². The van der Waals surface area contributed by atoms with Crippen molar-refractivity contribution < 1.29 is 9.59 Å². The van der Waals surface area contributed by atoms with Crippen molar-refractivity contribution in [3.05, 3.63) is 56.5 Å². The number of anilines is 2. The molecule has 6 rings (SSSR count). The number of benzene rings is 2. The van der Waals surface area contributed by atoms with Crippen molar-refractivity contribution in [1.29, 1.82) is 5.26 Å². The summed E-state index contributed by atoms with van der Waals surface area (Å²) in [5.74, 6) is 0.378. The molecule has 2 aromatic carbocycles. The summed E-state index contributed by atoms with van der Waals surface area (Å²) in [6, 6.07) is 11.6. The molecule has 0 aromatic heterocycles. The Labute approximate surface area is 300 Å². The van der Waals surface area contributed by atoms with Crippen LogP contribution in [0.1, 0.15) is 56.1 Å². The van der Waals surface area contributed by atoms with Gasteiger partial charge in [-0.1, -0.05) is 24.6 Å². The summed E-state index contributed by atoms with van der Waals surface area (Å²) in [5.41, 5.74) is 9.71. The van der Waals surface area contributed by atoms with Crippen LogP contribution in [0.15, 0.2) is 50.3 Å². The van der Waals surface area contributed by atoms with Crippen LogP contribution in [0.3, 0.4) is 0 Å². The summed E-state index contributed by atoms with van der Waals surface area (Å²) in [7, 11) is 0. The zero-order valence-electron chi connectivity index (χ0n) is 27.3. The summed E-state index contributed by atoms with van der Waals surface area (Å²) in [5, 5.41) is 15.7. The van der Waals surface area contributed by atoms with Gasteiger partial charge in [0.2, 0.25) is 11.9 Å². The Balaban J connectivity index is 1.17. The molecule has 0 saturated carbocycles. The second kappa shape index (κ2) is 15.9. The first-order valence-corrected chi connectivity index (χ1v) is 18.8. The molecule has 4 aliphatic heterocycles. The quantitative estimate of drug-likeness (QED) is 0.121. The second-order valence-corrected chi connectivity index (χ2v) is 15.0.